The van der Waals surface area contributed by atoms with Gasteiger partial charge in [0.25, 0.3) is 0 Å². The zero-order valence-corrected chi connectivity index (χ0v) is 11.7. The van der Waals surface area contributed by atoms with Gasteiger partial charge in [-0.1, -0.05) is 29.3 Å². The zero-order chi connectivity index (χ0) is 13.8. The lowest BCUT2D eigenvalue weighted by atomic mass is 10.3. The van der Waals surface area contributed by atoms with Crippen LogP contribution in [-0.2, 0) is 0 Å². The fourth-order valence-corrected chi connectivity index (χ4v) is 1.58. The van der Waals surface area contributed by atoms with Crippen molar-refractivity contribution in [2.45, 2.75) is 0 Å². The third-order valence-electron chi connectivity index (χ3n) is 2.12. The number of nitrogens with one attached hydrogen (secondary N) is 1. The number of rotatable bonds is 4. The molecule has 0 saturated heterocycles. The van der Waals surface area contributed by atoms with E-state index in [0.29, 0.717) is 16.7 Å². The normalized spacial score (nSPS) is 10.1. The molecule has 100 valence electrons. The maximum absolute atomic E-state index is 6.02. The number of halogens is 2. The molecule has 0 fully saturated rings. The molecule has 0 aliphatic rings. The minimum atomic E-state index is 0.0559. The molecule has 1 aromatic heterocycles. The number of hydrogen-bond donors (Lipinski definition) is 1. The van der Waals surface area contributed by atoms with Gasteiger partial charge in [-0.15, -0.1) is 4.98 Å². The SMILES string of the molecule is CNc1nc(OC)nc(Oc2cccc(Cl)c2Cl)n1. The summed E-state index contributed by atoms with van der Waals surface area (Å²) in [6, 6.07) is 5.21. The third kappa shape index (κ3) is 3.15. The fourth-order valence-electron chi connectivity index (χ4n) is 1.25. The van der Waals surface area contributed by atoms with Crippen LogP contribution in [0.1, 0.15) is 0 Å². The Morgan fingerprint density at radius 2 is 1.84 bits per heavy atom. The predicted molar refractivity (Wildman–Crippen MR) is 72.5 cm³/mol. The van der Waals surface area contributed by atoms with E-state index in [2.05, 4.69) is 20.3 Å². The Kier molecular flexibility index (Phi) is 4.24. The van der Waals surface area contributed by atoms with E-state index in [-0.39, 0.29) is 17.0 Å². The van der Waals surface area contributed by atoms with Crippen molar-refractivity contribution in [1.29, 1.82) is 0 Å². The van der Waals surface area contributed by atoms with Crippen LogP contribution >= 0.6 is 23.2 Å². The lowest BCUT2D eigenvalue weighted by Crippen LogP contribution is -2.03. The number of hydrogen-bond acceptors (Lipinski definition) is 6. The lowest BCUT2D eigenvalue weighted by Gasteiger charge is -2.08. The van der Waals surface area contributed by atoms with Crippen molar-refractivity contribution >= 4 is 29.2 Å². The van der Waals surface area contributed by atoms with Gasteiger partial charge in [-0.05, 0) is 12.1 Å². The van der Waals surface area contributed by atoms with Crippen LogP contribution in [0.25, 0.3) is 0 Å². The van der Waals surface area contributed by atoms with Crippen molar-refractivity contribution in [3.05, 3.63) is 28.2 Å². The van der Waals surface area contributed by atoms with Crippen molar-refractivity contribution in [2.24, 2.45) is 0 Å². The van der Waals surface area contributed by atoms with Gasteiger partial charge in [-0.3, -0.25) is 0 Å². The molecule has 2 rings (SSSR count). The van der Waals surface area contributed by atoms with E-state index in [1.807, 2.05) is 0 Å². The molecule has 6 nitrogen and oxygen atoms in total. The van der Waals surface area contributed by atoms with Gasteiger partial charge >= 0.3 is 12.0 Å². The Labute approximate surface area is 119 Å². The molecule has 0 aliphatic heterocycles. The molecular formula is C11H10Cl2N4O2. The summed E-state index contributed by atoms with van der Waals surface area (Å²) < 4.78 is 10.4. The summed E-state index contributed by atoms with van der Waals surface area (Å²) >= 11 is 11.9. The van der Waals surface area contributed by atoms with Crippen LogP contribution in [0.3, 0.4) is 0 Å². The van der Waals surface area contributed by atoms with Crippen molar-refractivity contribution in [2.75, 3.05) is 19.5 Å². The van der Waals surface area contributed by atoms with Crippen molar-refractivity contribution in [1.82, 2.24) is 15.0 Å². The van der Waals surface area contributed by atoms with Crippen LogP contribution < -0.4 is 14.8 Å². The molecule has 0 radical (unpaired) electrons. The molecule has 1 heterocycles. The highest BCUT2D eigenvalue weighted by atomic mass is 35.5. The average molecular weight is 301 g/mol. The van der Waals surface area contributed by atoms with Crippen molar-refractivity contribution < 1.29 is 9.47 Å². The van der Waals surface area contributed by atoms with Gasteiger partial charge in [0.1, 0.15) is 5.02 Å². The van der Waals surface area contributed by atoms with E-state index < -0.39 is 0 Å². The zero-order valence-electron chi connectivity index (χ0n) is 10.1. The summed E-state index contributed by atoms with van der Waals surface area (Å²) in [5.41, 5.74) is 0. The summed E-state index contributed by atoms with van der Waals surface area (Å²) in [7, 11) is 3.12. The molecule has 8 heteroatoms. The maximum atomic E-state index is 6.02. The lowest BCUT2D eigenvalue weighted by molar-refractivity contribution is 0.360. The summed E-state index contributed by atoms with van der Waals surface area (Å²) in [4.78, 5) is 11.9. The molecule has 19 heavy (non-hydrogen) atoms. The Balaban J connectivity index is 2.34. The standard InChI is InChI=1S/C11H10Cl2N4O2/c1-14-9-15-10(18-2)17-11(16-9)19-7-5-3-4-6(12)8(7)13/h3-5H,1-2H3,(H,14,15,16,17). The average Bonchev–Trinajstić information content (AvgIpc) is 2.43. The number of aromatic nitrogens is 3. The Morgan fingerprint density at radius 3 is 2.53 bits per heavy atom. The summed E-state index contributed by atoms with van der Waals surface area (Å²) in [6.45, 7) is 0. The third-order valence-corrected chi connectivity index (χ3v) is 2.92. The van der Waals surface area contributed by atoms with Crippen molar-refractivity contribution in [3.63, 3.8) is 0 Å². The molecule has 0 unspecified atom stereocenters. The van der Waals surface area contributed by atoms with Crippen LogP contribution in [0.4, 0.5) is 5.95 Å². The Bertz CT molecular complexity index is 573. The van der Waals surface area contributed by atoms with Crippen LogP contribution in [-0.4, -0.2) is 29.1 Å². The second-order valence-electron chi connectivity index (χ2n) is 3.33. The summed E-state index contributed by atoms with van der Waals surface area (Å²) in [5.74, 6) is 0.671. The highest BCUT2D eigenvalue weighted by Gasteiger charge is 2.11. The van der Waals surface area contributed by atoms with Crippen LogP contribution in [0, 0.1) is 0 Å². The highest BCUT2D eigenvalue weighted by molar-refractivity contribution is 6.42. The quantitative estimate of drug-likeness (QED) is 0.936. The van der Waals surface area contributed by atoms with Gasteiger partial charge in [-0.2, -0.15) is 9.97 Å². The van der Waals surface area contributed by atoms with E-state index in [1.54, 1.807) is 25.2 Å². The van der Waals surface area contributed by atoms with Gasteiger partial charge in [-0.25, -0.2) is 0 Å². The minimum absolute atomic E-state index is 0.0559. The predicted octanol–water partition coefficient (Wildman–Crippen LogP) is 3.02. The molecule has 0 atom stereocenters. The van der Waals surface area contributed by atoms with E-state index in [1.165, 1.54) is 7.11 Å². The van der Waals surface area contributed by atoms with E-state index in [4.69, 9.17) is 32.7 Å². The highest BCUT2D eigenvalue weighted by Crippen LogP contribution is 2.33. The number of nitrogens with zero attached hydrogens (tertiary/aromatic N) is 3. The number of methoxy groups -OCH3 is 1. The van der Waals surface area contributed by atoms with Crippen LogP contribution in [0.15, 0.2) is 18.2 Å². The first-order chi connectivity index (χ1) is 9.13. The molecule has 0 bridgehead atoms. The second kappa shape index (κ2) is 5.90. The molecule has 0 saturated carbocycles. The maximum Gasteiger partial charge on any atom is 0.330 e. The fraction of sp³-hybridized carbons (Fsp3) is 0.182. The minimum Gasteiger partial charge on any atom is -0.467 e. The summed E-state index contributed by atoms with van der Waals surface area (Å²) in [5, 5.41) is 3.44. The smallest absolute Gasteiger partial charge is 0.330 e. The first kappa shape index (κ1) is 13.6. The van der Waals surface area contributed by atoms with Gasteiger partial charge in [0.2, 0.25) is 5.95 Å². The van der Waals surface area contributed by atoms with Crippen LogP contribution in [0.2, 0.25) is 10.0 Å². The number of ether oxygens (including phenoxy) is 2. The van der Waals surface area contributed by atoms with Gasteiger partial charge in [0, 0.05) is 7.05 Å². The molecular weight excluding hydrogens is 291 g/mol. The molecule has 2 aromatic rings. The van der Waals surface area contributed by atoms with Gasteiger partial charge < -0.3 is 14.8 Å². The number of anilines is 1. The van der Waals surface area contributed by atoms with E-state index in [9.17, 15) is 0 Å². The topological polar surface area (TPSA) is 69.2 Å². The molecule has 1 aromatic carbocycles. The van der Waals surface area contributed by atoms with Crippen LogP contribution in [0.5, 0.6) is 17.8 Å². The Morgan fingerprint density at radius 1 is 1.11 bits per heavy atom. The first-order valence-corrected chi connectivity index (χ1v) is 5.99. The molecule has 1 N–H and O–H groups in total. The van der Waals surface area contributed by atoms with Gasteiger partial charge in [0.05, 0.1) is 12.1 Å². The first-order valence-electron chi connectivity index (χ1n) is 5.23. The van der Waals surface area contributed by atoms with Gasteiger partial charge in [0.15, 0.2) is 5.75 Å². The number of benzene rings is 1. The monoisotopic (exact) mass is 300 g/mol. The Hall–Kier alpha value is -1.79. The van der Waals surface area contributed by atoms with Crippen molar-refractivity contribution in [3.8, 4) is 17.8 Å². The molecule has 0 spiro atoms. The van der Waals surface area contributed by atoms with E-state index >= 15 is 0 Å². The van der Waals surface area contributed by atoms with E-state index in [0.717, 1.165) is 0 Å². The summed E-state index contributed by atoms with van der Waals surface area (Å²) in [6.07, 6.45) is 0. The molecule has 0 aliphatic carbocycles. The second-order valence-corrected chi connectivity index (χ2v) is 4.12. The largest absolute Gasteiger partial charge is 0.467 e. The molecule has 0 amide bonds.